The zero-order valence-corrected chi connectivity index (χ0v) is 17.5. The monoisotopic (exact) mass is 386 g/mol. The summed E-state index contributed by atoms with van der Waals surface area (Å²) in [5.41, 5.74) is -0.347. The molecule has 28 heavy (non-hydrogen) atoms. The minimum absolute atomic E-state index is 0.0705. The summed E-state index contributed by atoms with van der Waals surface area (Å²) < 4.78 is 5.88. The van der Waals surface area contributed by atoms with E-state index < -0.39 is 0 Å². The molecule has 0 atom stereocenters. The summed E-state index contributed by atoms with van der Waals surface area (Å²) in [6.07, 6.45) is 3.58. The highest BCUT2D eigenvalue weighted by Gasteiger charge is 2.34. The van der Waals surface area contributed by atoms with Crippen molar-refractivity contribution in [3.63, 3.8) is 0 Å². The van der Waals surface area contributed by atoms with Crippen molar-refractivity contribution in [3.8, 4) is 5.75 Å². The molecule has 3 rings (SSSR count). The Morgan fingerprint density at radius 3 is 2.07 bits per heavy atom. The second-order valence-electron chi connectivity index (χ2n) is 9.21. The first kappa shape index (κ1) is 20.7. The third-order valence-electron chi connectivity index (χ3n) is 5.93. The van der Waals surface area contributed by atoms with Gasteiger partial charge in [-0.2, -0.15) is 0 Å². The number of ether oxygens (including phenoxy) is 1. The Morgan fingerprint density at radius 1 is 0.929 bits per heavy atom. The molecule has 2 heterocycles. The first-order valence-electron chi connectivity index (χ1n) is 10.6. The lowest BCUT2D eigenvalue weighted by atomic mass is 9.89. The predicted molar refractivity (Wildman–Crippen MR) is 110 cm³/mol. The molecule has 0 spiro atoms. The molecule has 2 aliphatic heterocycles. The minimum atomic E-state index is -0.347. The van der Waals surface area contributed by atoms with Gasteiger partial charge in [-0.05, 0) is 43.7 Å². The Morgan fingerprint density at radius 2 is 1.50 bits per heavy atom. The van der Waals surface area contributed by atoms with E-state index in [9.17, 15) is 9.59 Å². The summed E-state index contributed by atoms with van der Waals surface area (Å²) in [5, 5.41) is 0. The smallest absolute Gasteiger partial charge is 0.227 e. The van der Waals surface area contributed by atoms with Crippen LogP contribution in [0.1, 0.15) is 46.5 Å². The highest BCUT2D eigenvalue weighted by atomic mass is 16.5. The van der Waals surface area contributed by atoms with Gasteiger partial charge in [-0.25, -0.2) is 0 Å². The quantitative estimate of drug-likeness (QED) is 0.795. The van der Waals surface area contributed by atoms with Gasteiger partial charge in [0.1, 0.15) is 5.75 Å². The van der Waals surface area contributed by atoms with E-state index in [1.54, 1.807) is 0 Å². The Kier molecular flexibility index (Phi) is 6.63. The maximum absolute atomic E-state index is 12.9. The molecule has 154 valence electrons. The molecular formula is C23H34N2O3. The Labute approximate surface area is 169 Å². The first-order valence-corrected chi connectivity index (χ1v) is 10.6. The SMILES string of the molecule is CC(C)(C)C(=O)N1CCC(C(=O)N2CCC(COc3ccccc3)CC2)CC1. The number of rotatable bonds is 4. The van der Waals surface area contributed by atoms with Crippen LogP contribution in [0.25, 0.3) is 0 Å². The number of hydrogen-bond donors (Lipinski definition) is 0. The van der Waals surface area contributed by atoms with Crippen LogP contribution in [0.15, 0.2) is 30.3 Å². The third kappa shape index (κ3) is 5.27. The molecule has 2 saturated heterocycles. The number of nitrogens with zero attached hydrogens (tertiary/aromatic N) is 2. The molecule has 0 unspecified atom stereocenters. The highest BCUT2D eigenvalue weighted by molar-refractivity contribution is 5.82. The van der Waals surface area contributed by atoms with Crippen molar-refractivity contribution >= 4 is 11.8 Å². The van der Waals surface area contributed by atoms with Crippen LogP contribution in [0.2, 0.25) is 0 Å². The summed E-state index contributed by atoms with van der Waals surface area (Å²) in [7, 11) is 0. The topological polar surface area (TPSA) is 49.9 Å². The predicted octanol–water partition coefficient (Wildman–Crippen LogP) is 3.59. The minimum Gasteiger partial charge on any atom is -0.493 e. The lowest BCUT2D eigenvalue weighted by molar-refractivity contribution is -0.145. The molecule has 0 N–H and O–H groups in total. The Bertz CT molecular complexity index is 652. The maximum Gasteiger partial charge on any atom is 0.227 e. The zero-order valence-electron chi connectivity index (χ0n) is 17.5. The molecule has 5 heteroatoms. The summed E-state index contributed by atoms with van der Waals surface area (Å²) in [6.45, 7) is 9.64. The maximum atomic E-state index is 12.9. The van der Waals surface area contributed by atoms with E-state index in [0.29, 0.717) is 19.0 Å². The summed E-state index contributed by atoms with van der Waals surface area (Å²) in [4.78, 5) is 29.3. The van der Waals surface area contributed by atoms with E-state index >= 15 is 0 Å². The van der Waals surface area contributed by atoms with E-state index in [1.165, 1.54) is 0 Å². The van der Waals surface area contributed by atoms with Gasteiger partial charge in [0.2, 0.25) is 11.8 Å². The standard InChI is InChI=1S/C23H34N2O3/c1-23(2,3)22(27)25-15-11-19(12-16-25)21(26)24-13-9-18(10-14-24)17-28-20-7-5-4-6-8-20/h4-8,18-19H,9-17H2,1-3H3. The molecule has 2 fully saturated rings. The highest BCUT2D eigenvalue weighted by Crippen LogP contribution is 2.27. The number of carbonyl (C=O) groups excluding carboxylic acids is 2. The first-order chi connectivity index (χ1) is 13.3. The van der Waals surface area contributed by atoms with E-state index in [4.69, 9.17) is 4.74 Å². The number of amides is 2. The summed E-state index contributed by atoms with van der Waals surface area (Å²) in [5.74, 6) is 1.97. The third-order valence-corrected chi connectivity index (χ3v) is 5.93. The van der Waals surface area contributed by atoms with Gasteiger partial charge in [-0.3, -0.25) is 9.59 Å². The second-order valence-corrected chi connectivity index (χ2v) is 9.21. The zero-order chi connectivity index (χ0) is 20.1. The number of para-hydroxylation sites is 1. The van der Waals surface area contributed by atoms with E-state index in [0.717, 1.165) is 51.1 Å². The number of hydrogen-bond acceptors (Lipinski definition) is 3. The lowest BCUT2D eigenvalue weighted by Crippen LogP contribution is -2.48. The Balaban J connectivity index is 1.40. The van der Waals surface area contributed by atoms with Crippen LogP contribution in [0.5, 0.6) is 5.75 Å². The number of benzene rings is 1. The van der Waals surface area contributed by atoms with E-state index in [1.807, 2.05) is 60.9 Å². The van der Waals surface area contributed by atoms with Crippen LogP contribution in [-0.2, 0) is 9.59 Å². The van der Waals surface area contributed by atoms with Crippen molar-refractivity contribution in [1.29, 1.82) is 0 Å². The molecule has 0 aliphatic carbocycles. The van der Waals surface area contributed by atoms with Crippen LogP contribution >= 0.6 is 0 Å². The largest absolute Gasteiger partial charge is 0.493 e. The van der Waals surface area contributed by atoms with Gasteiger partial charge in [0.25, 0.3) is 0 Å². The molecule has 1 aromatic rings. The van der Waals surface area contributed by atoms with Gasteiger partial charge in [0, 0.05) is 37.5 Å². The number of piperidine rings is 2. The van der Waals surface area contributed by atoms with Crippen molar-refractivity contribution in [2.75, 3.05) is 32.8 Å². The normalized spacial score (nSPS) is 19.5. The van der Waals surface area contributed by atoms with Crippen molar-refractivity contribution in [2.45, 2.75) is 46.5 Å². The molecule has 2 amide bonds. The van der Waals surface area contributed by atoms with Crippen molar-refractivity contribution in [1.82, 2.24) is 9.80 Å². The number of carbonyl (C=O) groups is 2. The van der Waals surface area contributed by atoms with E-state index in [2.05, 4.69) is 0 Å². The second kappa shape index (κ2) is 8.97. The van der Waals surface area contributed by atoms with Crippen LogP contribution in [0, 0.1) is 17.3 Å². The Hall–Kier alpha value is -2.04. The van der Waals surface area contributed by atoms with Crippen molar-refractivity contribution in [2.24, 2.45) is 17.3 Å². The van der Waals surface area contributed by atoms with Gasteiger partial charge in [-0.15, -0.1) is 0 Å². The van der Waals surface area contributed by atoms with Crippen molar-refractivity contribution in [3.05, 3.63) is 30.3 Å². The molecule has 0 saturated carbocycles. The van der Waals surface area contributed by atoms with Crippen LogP contribution in [0.3, 0.4) is 0 Å². The molecule has 1 aromatic carbocycles. The fourth-order valence-corrected chi connectivity index (χ4v) is 4.11. The van der Waals surface area contributed by atoms with Gasteiger partial charge >= 0.3 is 0 Å². The van der Waals surface area contributed by atoms with Crippen LogP contribution in [-0.4, -0.2) is 54.4 Å². The van der Waals surface area contributed by atoms with Gasteiger partial charge in [0.05, 0.1) is 6.61 Å². The van der Waals surface area contributed by atoms with Crippen LogP contribution in [0.4, 0.5) is 0 Å². The van der Waals surface area contributed by atoms with Gasteiger partial charge < -0.3 is 14.5 Å². The van der Waals surface area contributed by atoms with Gasteiger partial charge in [-0.1, -0.05) is 39.0 Å². The fraction of sp³-hybridized carbons (Fsp3) is 0.652. The summed E-state index contributed by atoms with van der Waals surface area (Å²) in [6, 6.07) is 9.92. The molecule has 0 radical (unpaired) electrons. The van der Waals surface area contributed by atoms with Crippen molar-refractivity contribution < 1.29 is 14.3 Å². The average molecular weight is 387 g/mol. The molecule has 0 bridgehead atoms. The van der Waals surface area contributed by atoms with Gasteiger partial charge in [0.15, 0.2) is 0 Å². The molecular weight excluding hydrogens is 352 g/mol. The molecule has 5 nitrogen and oxygen atoms in total. The average Bonchev–Trinajstić information content (AvgIpc) is 2.72. The van der Waals surface area contributed by atoms with E-state index in [-0.39, 0.29) is 23.1 Å². The molecule has 2 aliphatic rings. The molecule has 0 aromatic heterocycles. The lowest BCUT2D eigenvalue weighted by Gasteiger charge is -2.38. The fourth-order valence-electron chi connectivity index (χ4n) is 4.11. The van der Waals surface area contributed by atoms with Crippen LogP contribution < -0.4 is 4.74 Å². The summed E-state index contributed by atoms with van der Waals surface area (Å²) >= 11 is 0. The number of likely N-dealkylation sites (tertiary alicyclic amines) is 2.